The summed E-state index contributed by atoms with van der Waals surface area (Å²) in [5, 5.41) is 9.33. The molecule has 1 atom stereocenters. The van der Waals surface area contributed by atoms with Crippen LogP contribution in [0.15, 0.2) is 18.2 Å². The standard InChI is InChI=1S/C11H9ClINO/c1-2-7(6-14)11(15)9-5-8(12)3-4-10(9)13/h3-5,7H,2H2,1H3. The Hall–Kier alpha value is -0.600. The predicted molar refractivity (Wildman–Crippen MR) is 67.9 cm³/mol. The van der Waals surface area contributed by atoms with Crippen molar-refractivity contribution < 1.29 is 4.79 Å². The lowest BCUT2D eigenvalue weighted by molar-refractivity contribution is 0.0945. The van der Waals surface area contributed by atoms with Gasteiger partial charge in [-0.25, -0.2) is 0 Å². The molecule has 0 radical (unpaired) electrons. The molecular weight excluding hydrogens is 324 g/mol. The van der Waals surface area contributed by atoms with Gasteiger partial charge in [-0.1, -0.05) is 18.5 Å². The third-order valence-corrected chi connectivity index (χ3v) is 3.25. The summed E-state index contributed by atoms with van der Waals surface area (Å²) < 4.78 is 0.829. The molecule has 0 aliphatic carbocycles. The number of carbonyl (C=O) groups is 1. The molecule has 2 nitrogen and oxygen atoms in total. The molecule has 0 bridgehead atoms. The molecule has 0 N–H and O–H groups in total. The molecule has 1 unspecified atom stereocenters. The summed E-state index contributed by atoms with van der Waals surface area (Å²) in [6, 6.07) is 7.13. The summed E-state index contributed by atoms with van der Waals surface area (Å²) >= 11 is 7.88. The van der Waals surface area contributed by atoms with Crippen LogP contribution >= 0.6 is 34.2 Å². The maximum atomic E-state index is 11.9. The maximum absolute atomic E-state index is 11.9. The number of ketones is 1. The van der Waals surface area contributed by atoms with E-state index in [2.05, 4.69) is 22.6 Å². The lowest BCUT2D eigenvalue weighted by atomic mass is 9.97. The summed E-state index contributed by atoms with van der Waals surface area (Å²) in [4.78, 5) is 11.9. The predicted octanol–water partition coefficient (Wildman–Crippen LogP) is 3.68. The van der Waals surface area contributed by atoms with E-state index in [1.165, 1.54) is 0 Å². The van der Waals surface area contributed by atoms with Gasteiger partial charge >= 0.3 is 0 Å². The van der Waals surface area contributed by atoms with Crippen LogP contribution < -0.4 is 0 Å². The smallest absolute Gasteiger partial charge is 0.181 e. The average molecular weight is 334 g/mol. The van der Waals surface area contributed by atoms with Gasteiger partial charge in [-0.05, 0) is 47.2 Å². The number of hydrogen-bond acceptors (Lipinski definition) is 2. The minimum atomic E-state index is -0.572. The van der Waals surface area contributed by atoms with Crippen LogP contribution in [0, 0.1) is 20.8 Å². The summed E-state index contributed by atoms with van der Waals surface area (Å²) in [6.45, 7) is 1.82. The Bertz CT molecular complexity index is 425. The molecule has 0 saturated heterocycles. The van der Waals surface area contributed by atoms with Crippen molar-refractivity contribution in [3.63, 3.8) is 0 Å². The largest absolute Gasteiger partial charge is 0.293 e. The third-order valence-electron chi connectivity index (χ3n) is 2.07. The van der Waals surface area contributed by atoms with Crippen molar-refractivity contribution in [1.29, 1.82) is 5.26 Å². The summed E-state index contributed by atoms with van der Waals surface area (Å²) in [7, 11) is 0. The summed E-state index contributed by atoms with van der Waals surface area (Å²) in [6.07, 6.45) is 0.526. The molecule has 0 saturated carbocycles. The van der Waals surface area contributed by atoms with Gasteiger partial charge in [0.15, 0.2) is 5.78 Å². The molecule has 0 aliphatic rings. The van der Waals surface area contributed by atoms with E-state index in [9.17, 15) is 4.79 Å². The van der Waals surface area contributed by atoms with E-state index in [0.29, 0.717) is 17.0 Å². The second kappa shape index (κ2) is 5.47. The molecule has 4 heteroatoms. The highest BCUT2D eigenvalue weighted by molar-refractivity contribution is 14.1. The van der Waals surface area contributed by atoms with E-state index < -0.39 is 5.92 Å². The zero-order valence-electron chi connectivity index (χ0n) is 8.13. The first kappa shape index (κ1) is 12.5. The third kappa shape index (κ3) is 2.93. The Balaban J connectivity index is 3.11. The van der Waals surface area contributed by atoms with Gasteiger partial charge in [-0.3, -0.25) is 4.79 Å². The quantitative estimate of drug-likeness (QED) is 0.625. The van der Waals surface area contributed by atoms with Crippen LogP contribution in [0.1, 0.15) is 23.7 Å². The van der Waals surface area contributed by atoms with Gasteiger partial charge in [0.05, 0.1) is 6.07 Å². The Labute approximate surface area is 107 Å². The van der Waals surface area contributed by atoms with Crippen LogP contribution in [0.5, 0.6) is 0 Å². The Morgan fingerprint density at radius 2 is 2.33 bits per heavy atom. The molecule has 0 heterocycles. The van der Waals surface area contributed by atoms with Crippen molar-refractivity contribution in [1.82, 2.24) is 0 Å². The second-order valence-electron chi connectivity index (χ2n) is 3.08. The van der Waals surface area contributed by atoms with Crippen molar-refractivity contribution in [2.45, 2.75) is 13.3 Å². The molecule has 0 fully saturated rings. The van der Waals surface area contributed by atoms with E-state index in [1.807, 2.05) is 13.0 Å². The topological polar surface area (TPSA) is 40.9 Å². The van der Waals surface area contributed by atoms with Crippen molar-refractivity contribution in [2.75, 3.05) is 0 Å². The fourth-order valence-corrected chi connectivity index (χ4v) is 1.98. The van der Waals surface area contributed by atoms with Gasteiger partial charge in [-0.2, -0.15) is 5.26 Å². The molecule has 0 spiro atoms. The van der Waals surface area contributed by atoms with Gasteiger partial charge in [0.2, 0.25) is 0 Å². The van der Waals surface area contributed by atoms with E-state index in [4.69, 9.17) is 16.9 Å². The van der Waals surface area contributed by atoms with Crippen LogP contribution in [-0.2, 0) is 0 Å². The number of hydrogen-bond donors (Lipinski definition) is 0. The molecule has 1 rings (SSSR count). The fourth-order valence-electron chi connectivity index (χ4n) is 1.21. The van der Waals surface area contributed by atoms with Crippen LogP contribution in [0.25, 0.3) is 0 Å². The van der Waals surface area contributed by atoms with E-state index in [-0.39, 0.29) is 5.78 Å². The fraction of sp³-hybridized carbons (Fsp3) is 0.273. The van der Waals surface area contributed by atoms with Gasteiger partial charge in [0, 0.05) is 14.2 Å². The molecule has 78 valence electrons. The molecule has 15 heavy (non-hydrogen) atoms. The van der Waals surface area contributed by atoms with Crippen molar-refractivity contribution in [3.8, 4) is 6.07 Å². The first-order chi connectivity index (χ1) is 7.10. The van der Waals surface area contributed by atoms with Gasteiger partial charge in [0.25, 0.3) is 0 Å². The summed E-state index contributed by atoms with van der Waals surface area (Å²) in [5.74, 6) is -0.719. The van der Waals surface area contributed by atoms with Gasteiger partial charge in [-0.15, -0.1) is 0 Å². The zero-order valence-corrected chi connectivity index (χ0v) is 11.0. The number of Topliss-reactive ketones (excluding diaryl/α,β-unsaturated/α-hetero) is 1. The van der Waals surface area contributed by atoms with Gasteiger partial charge < -0.3 is 0 Å². The Morgan fingerprint density at radius 3 is 2.87 bits per heavy atom. The van der Waals surface area contributed by atoms with E-state index in [0.717, 1.165) is 3.57 Å². The molecule has 0 aromatic heterocycles. The molecule has 1 aromatic carbocycles. The number of benzene rings is 1. The SMILES string of the molecule is CCC(C#N)C(=O)c1cc(Cl)ccc1I. The number of nitriles is 1. The highest BCUT2D eigenvalue weighted by atomic mass is 127. The zero-order chi connectivity index (χ0) is 11.4. The minimum absolute atomic E-state index is 0.146. The first-order valence-electron chi connectivity index (χ1n) is 4.49. The molecule has 0 amide bonds. The van der Waals surface area contributed by atoms with Crippen molar-refractivity contribution in [2.24, 2.45) is 5.92 Å². The lowest BCUT2D eigenvalue weighted by Crippen LogP contribution is -2.13. The lowest BCUT2D eigenvalue weighted by Gasteiger charge is -2.07. The second-order valence-corrected chi connectivity index (χ2v) is 4.68. The molecule has 1 aromatic rings. The Kier molecular flexibility index (Phi) is 4.55. The van der Waals surface area contributed by atoms with Crippen LogP contribution in [0.4, 0.5) is 0 Å². The molecular formula is C11H9ClINO. The maximum Gasteiger partial charge on any atom is 0.181 e. The monoisotopic (exact) mass is 333 g/mol. The number of nitrogens with zero attached hydrogens (tertiary/aromatic N) is 1. The number of carbonyl (C=O) groups excluding carboxylic acids is 1. The first-order valence-corrected chi connectivity index (χ1v) is 5.94. The van der Waals surface area contributed by atoms with E-state index in [1.54, 1.807) is 18.2 Å². The van der Waals surface area contributed by atoms with Crippen molar-refractivity contribution in [3.05, 3.63) is 32.4 Å². The molecule has 0 aliphatic heterocycles. The van der Waals surface area contributed by atoms with Crippen molar-refractivity contribution >= 4 is 40.0 Å². The normalized spacial score (nSPS) is 11.9. The highest BCUT2D eigenvalue weighted by Crippen LogP contribution is 2.21. The number of halogens is 2. The van der Waals surface area contributed by atoms with Crippen LogP contribution in [0.3, 0.4) is 0 Å². The minimum Gasteiger partial charge on any atom is -0.293 e. The van der Waals surface area contributed by atoms with Crippen LogP contribution in [-0.4, -0.2) is 5.78 Å². The Morgan fingerprint density at radius 1 is 1.67 bits per heavy atom. The van der Waals surface area contributed by atoms with Crippen LogP contribution in [0.2, 0.25) is 5.02 Å². The average Bonchev–Trinajstić information content (AvgIpc) is 2.23. The van der Waals surface area contributed by atoms with E-state index >= 15 is 0 Å². The van der Waals surface area contributed by atoms with Gasteiger partial charge in [0.1, 0.15) is 5.92 Å². The number of rotatable bonds is 3. The highest BCUT2D eigenvalue weighted by Gasteiger charge is 2.19. The summed E-state index contributed by atoms with van der Waals surface area (Å²) in [5.41, 5.74) is 0.538.